The Morgan fingerprint density at radius 3 is 2.65 bits per heavy atom. The lowest BCUT2D eigenvalue weighted by molar-refractivity contribution is -0.121. The van der Waals surface area contributed by atoms with Crippen molar-refractivity contribution in [2.24, 2.45) is 0 Å². The Morgan fingerprint density at radius 1 is 1.23 bits per heavy atom. The Labute approximate surface area is 160 Å². The van der Waals surface area contributed by atoms with E-state index in [1.807, 2.05) is 25.1 Å². The Hall–Kier alpha value is -1.72. The zero-order chi connectivity index (χ0) is 18.4. The van der Waals surface area contributed by atoms with Crippen LogP contribution >= 0.6 is 11.3 Å². The molecule has 2 aromatic rings. The molecular weight excluding hydrogens is 342 g/mol. The van der Waals surface area contributed by atoms with Gasteiger partial charge in [-0.3, -0.25) is 4.79 Å². The fraction of sp³-hybridized carbons (Fsp3) is 0.524. The van der Waals surface area contributed by atoms with Gasteiger partial charge in [0.15, 0.2) is 0 Å². The van der Waals surface area contributed by atoms with Crippen LogP contribution in [0, 0.1) is 6.92 Å². The molecule has 0 unspecified atom stereocenters. The smallest absolute Gasteiger partial charge is 0.225 e. The summed E-state index contributed by atoms with van der Waals surface area (Å²) in [5.74, 6) is 0.106. The van der Waals surface area contributed by atoms with E-state index in [-0.39, 0.29) is 11.9 Å². The third-order valence-corrected chi connectivity index (χ3v) is 5.93. The van der Waals surface area contributed by atoms with Crippen molar-refractivity contribution in [3.05, 3.63) is 40.2 Å². The zero-order valence-electron chi connectivity index (χ0n) is 15.8. The molecule has 4 nitrogen and oxygen atoms in total. The summed E-state index contributed by atoms with van der Waals surface area (Å²) < 4.78 is 0. The SMILES string of the molecule is CC[C@@H](CN1CCCCC1)NC(=O)Cc1sc(C)nc1-c1ccccc1. The van der Waals surface area contributed by atoms with Gasteiger partial charge in [-0.25, -0.2) is 4.98 Å². The van der Waals surface area contributed by atoms with Crippen molar-refractivity contribution in [1.29, 1.82) is 0 Å². The number of carbonyl (C=O) groups excluding carboxylic acids is 1. The molecule has 1 N–H and O–H groups in total. The largest absolute Gasteiger partial charge is 0.352 e. The van der Waals surface area contributed by atoms with Crippen LogP contribution in [-0.4, -0.2) is 41.5 Å². The second-order valence-electron chi connectivity index (χ2n) is 7.08. The van der Waals surface area contributed by atoms with E-state index >= 15 is 0 Å². The molecule has 1 aromatic heterocycles. The van der Waals surface area contributed by atoms with E-state index in [2.05, 4.69) is 34.3 Å². The minimum atomic E-state index is 0.106. The van der Waals surface area contributed by atoms with Gasteiger partial charge in [-0.05, 0) is 39.3 Å². The first-order chi connectivity index (χ1) is 12.7. The van der Waals surface area contributed by atoms with Gasteiger partial charge in [-0.15, -0.1) is 11.3 Å². The van der Waals surface area contributed by atoms with Crippen molar-refractivity contribution in [2.45, 2.75) is 52.0 Å². The number of benzene rings is 1. The minimum absolute atomic E-state index is 0.106. The van der Waals surface area contributed by atoms with Crippen LogP contribution in [-0.2, 0) is 11.2 Å². The predicted molar refractivity (Wildman–Crippen MR) is 109 cm³/mol. The standard InChI is InChI=1S/C21H29N3OS/c1-3-18(15-24-12-8-5-9-13-24)23-20(25)14-19-21(22-16(2)26-19)17-10-6-4-7-11-17/h4,6-7,10-11,18H,3,5,8-9,12-15H2,1-2H3,(H,23,25)/t18-/m0/s1. The molecule has 1 aliphatic rings. The normalized spacial score (nSPS) is 16.4. The first-order valence-electron chi connectivity index (χ1n) is 9.69. The number of hydrogen-bond acceptors (Lipinski definition) is 4. The summed E-state index contributed by atoms with van der Waals surface area (Å²) in [7, 11) is 0. The fourth-order valence-electron chi connectivity index (χ4n) is 3.57. The second kappa shape index (κ2) is 9.28. The minimum Gasteiger partial charge on any atom is -0.352 e. The van der Waals surface area contributed by atoms with Gasteiger partial charge in [-0.1, -0.05) is 43.7 Å². The zero-order valence-corrected chi connectivity index (χ0v) is 16.6. The van der Waals surface area contributed by atoms with E-state index in [1.54, 1.807) is 11.3 Å². The molecule has 0 saturated carbocycles. The van der Waals surface area contributed by atoms with Gasteiger partial charge >= 0.3 is 0 Å². The Balaban J connectivity index is 1.62. The molecule has 1 fully saturated rings. The number of amides is 1. The van der Waals surface area contributed by atoms with Gasteiger partial charge < -0.3 is 10.2 Å². The van der Waals surface area contributed by atoms with E-state index in [0.29, 0.717) is 6.42 Å². The number of likely N-dealkylation sites (tertiary alicyclic amines) is 1. The van der Waals surface area contributed by atoms with Gasteiger partial charge in [-0.2, -0.15) is 0 Å². The van der Waals surface area contributed by atoms with Crippen LogP contribution < -0.4 is 5.32 Å². The van der Waals surface area contributed by atoms with Crippen molar-refractivity contribution < 1.29 is 4.79 Å². The highest BCUT2D eigenvalue weighted by atomic mass is 32.1. The van der Waals surface area contributed by atoms with Gasteiger partial charge in [0, 0.05) is 23.0 Å². The lowest BCUT2D eigenvalue weighted by Crippen LogP contribution is -2.45. The van der Waals surface area contributed by atoms with Crippen LogP contribution in [0.4, 0.5) is 0 Å². The van der Waals surface area contributed by atoms with Crippen LogP contribution in [0.15, 0.2) is 30.3 Å². The molecular formula is C21H29N3OS. The Bertz CT molecular complexity index is 707. The van der Waals surface area contributed by atoms with Gasteiger partial charge in [0.25, 0.3) is 0 Å². The number of rotatable bonds is 7. The van der Waals surface area contributed by atoms with Gasteiger partial charge in [0.2, 0.25) is 5.91 Å². The van der Waals surface area contributed by atoms with E-state index in [9.17, 15) is 4.79 Å². The molecule has 0 spiro atoms. The van der Waals surface area contributed by atoms with Crippen LogP contribution in [0.1, 0.15) is 42.5 Å². The lowest BCUT2D eigenvalue weighted by atomic mass is 10.1. The maximum atomic E-state index is 12.7. The average molecular weight is 372 g/mol. The van der Waals surface area contributed by atoms with E-state index in [1.165, 1.54) is 32.4 Å². The molecule has 3 rings (SSSR count). The number of nitrogens with one attached hydrogen (secondary N) is 1. The first kappa shape index (κ1) is 19.1. The van der Waals surface area contributed by atoms with Crippen LogP contribution in [0.2, 0.25) is 0 Å². The predicted octanol–water partition coefficient (Wildman–Crippen LogP) is 4.04. The highest BCUT2D eigenvalue weighted by molar-refractivity contribution is 7.12. The summed E-state index contributed by atoms with van der Waals surface area (Å²) in [6.07, 6.45) is 5.28. The molecule has 1 aromatic carbocycles. The summed E-state index contributed by atoms with van der Waals surface area (Å²) >= 11 is 1.63. The molecule has 1 saturated heterocycles. The van der Waals surface area contributed by atoms with Crippen molar-refractivity contribution >= 4 is 17.2 Å². The lowest BCUT2D eigenvalue weighted by Gasteiger charge is -2.30. The summed E-state index contributed by atoms with van der Waals surface area (Å²) in [5, 5.41) is 4.26. The maximum Gasteiger partial charge on any atom is 0.225 e. The monoisotopic (exact) mass is 371 g/mol. The van der Waals surface area contributed by atoms with Crippen LogP contribution in [0.25, 0.3) is 11.3 Å². The molecule has 1 atom stereocenters. The summed E-state index contributed by atoms with van der Waals surface area (Å²) in [5.41, 5.74) is 2.03. The number of carbonyl (C=O) groups is 1. The molecule has 5 heteroatoms. The van der Waals surface area contributed by atoms with Crippen LogP contribution in [0.5, 0.6) is 0 Å². The number of aromatic nitrogens is 1. The molecule has 140 valence electrons. The highest BCUT2D eigenvalue weighted by Gasteiger charge is 2.19. The van der Waals surface area contributed by atoms with E-state index < -0.39 is 0 Å². The average Bonchev–Trinajstić information content (AvgIpc) is 3.02. The third-order valence-electron chi connectivity index (χ3n) is 4.96. The Morgan fingerprint density at radius 2 is 1.96 bits per heavy atom. The number of nitrogens with zero attached hydrogens (tertiary/aromatic N) is 2. The quantitative estimate of drug-likeness (QED) is 0.799. The summed E-state index contributed by atoms with van der Waals surface area (Å²) in [6, 6.07) is 10.4. The van der Waals surface area contributed by atoms with Crippen molar-refractivity contribution in [3.63, 3.8) is 0 Å². The highest BCUT2D eigenvalue weighted by Crippen LogP contribution is 2.28. The van der Waals surface area contributed by atoms with Crippen molar-refractivity contribution in [3.8, 4) is 11.3 Å². The number of aryl methyl sites for hydroxylation is 1. The Kier molecular flexibility index (Phi) is 6.80. The molecule has 0 bridgehead atoms. The van der Waals surface area contributed by atoms with Crippen molar-refractivity contribution in [1.82, 2.24) is 15.2 Å². The summed E-state index contributed by atoms with van der Waals surface area (Å²) in [6.45, 7) is 7.46. The first-order valence-corrected chi connectivity index (χ1v) is 10.5. The molecule has 0 aliphatic carbocycles. The second-order valence-corrected chi connectivity index (χ2v) is 8.37. The third kappa shape index (κ3) is 5.15. The number of piperidine rings is 1. The topological polar surface area (TPSA) is 45.2 Å². The maximum absolute atomic E-state index is 12.7. The number of hydrogen-bond donors (Lipinski definition) is 1. The fourth-order valence-corrected chi connectivity index (χ4v) is 4.52. The van der Waals surface area contributed by atoms with Gasteiger partial charge in [0.1, 0.15) is 0 Å². The van der Waals surface area contributed by atoms with Crippen LogP contribution in [0.3, 0.4) is 0 Å². The molecule has 0 radical (unpaired) electrons. The van der Waals surface area contributed by atoms with E-state index in [4.69, 9.17) is 0 Å². The molecule has 1 aliphatic heterocycles. The molecule has 26 heavy (non-hydrogen) atoms. The van der Waals surface area contributed by atoms with Gasteiger partial charge in [0.05, 0.1) is 17.1 Å². The van der Waals surface area contributed by atoms with E-state index in [0.717, 1.165) is 34.1 Å². The molecule has 1 amide bonds. The summed E-state index contributed by atoms with van der Waals surface area (Å²) in [4.78, 5) is 20.9. The van der Waals surface area contributed by atoms with Crippen molar-refractivity contribution in [2.75, 3.05) is 19.6 Å². The number of thiazole rings is 1. The molecule has 2 heterocycles.